The van der Waals surface area contributed by atoms with Crippen LogP contribution in [-0.4, -0.2) is 0 Å². The third-order valence-corrected chi connectivity index (χ3v) is 5.55. The zero-order chi connectivity index (χ0) is 7.10. The van der Waals surface area contributed by atoms with Crippen LogP contribution in [0.3, 0.4) is 0 Å². The van der Waals surface area contributed by atoms with Gasteiger partial charge in [0.1, 0.15) is 0 Å². The van der Waals surface area contributed by atoms with E-state index in [0.717, 1.165) is 10.8 Å². The number of rotatable bonds is 0. The predicted molar refractivity (Wildman–Crippen MR) is 44.2 cm³/mol. The summed E-state index contributed by atoms with van der Waals surface area (Å²) < 4.78 is 0. The van der Waals surface area contributed by atoms with Crippen LogP contribution in [0.2, 0.25) is 0 Å². The second kappa shape index (κ2) is 1.30. The zero-order valence-corrected chi connectivity index (χ0v) is 7.10. The molecule has 0 aromatic heterocycles. The molecule has 4 atom stereocenters. The lowest BCUT2D eigenvalue weighted by Crippen LogP contribution is -2.30. The Morgan fingerprint density at radius 2 is 1.73 bits per heavy atom. The van der Waals surface area contributed by atoms with Gasteiger partial charge in [0.15, 0.2) is 0 Å². The highest BCUT2D eigenvalue weighted by Gasteiger charge is 2.93. The molecule has 0 heteroatoms. The van der Waals surface area contributed by atoms with Crippen LogP contribution in [0, 0.1) is 22.7 Å². The first-order chi connectivity index (χ1) is 5.42. The lowest BCUT2D eigenvalue weighted by atomic mass is 9.65. The van der Waals surface area contributed by atoms with Crippen LogP contribution in [0.4, 0.5) is 0 Å². The molecule has 0 aromatic rings. The van der Waals surface area contributed by atoms with E-state index in [4.69, 9.17) is 0 Å². The Morgan fingerprint density at radius 3 is 2.64 bits per heavy atom. The Morgan fingerprint density at radius 1 is 0.909 bits per heavy atom. The van der Waals surface area contributed by atoms with Gasteiger partial charge < -0.3 is 0 Å². The Balaban J connectivity index is 1.79. The highest BCUT2D eigenvalue weighted by Crippen LogP contribution is 2.99. The van der Waals surface area contributed by atoms with E-state index >= 15 is 0 Å². The minimum absolute atomic E-state index is 0.980. The van der Waals surface area contributed by atoms with Gasteiger partial charge in [-0.1, -0.05) is 19.3 Å². The lowest BCUT2D eigenvalue weighted by Gasteiger charge is -2.40. The number of hydrogen-bond donors (Lipinski definition) is 0. The summed E-state index contributed by atoms with van der Waals surface area (Å²) in [6.07, 6.45) is 11.2. The highest BCUT2D eigenvalue weighted by atomic mass is 15.0. The SMILES string of the molecule is C1CC[C@@]23[C@@H]4CCC[C@]2(C1)[C@@H]43. The van der Waals surface area contributed by atoms with Gasteiger partial charge in [-0.25, -0.2) is 0 Å². The van der Waals surface area contributed by atoms with Crippen molar-refractivity contribution in [1.29, 1.82) is 0 Å². The van der Waals surface area contributed by atoms with Crippen LogP contribution < -0.4 is 0 Å². The molecule has 0 radical (unpaired) electrons. The van der Waals surface area contributed by atoms with E-state index in [-0.39, 0.29) is 0 Å². The molecule has 4 aliphatic carbocycles. The van der Waals surface area contributed by atoms with Gasteiger partial charge in [0.05, 0.1) is 0 Å². The molecule has 0 heterocycles. The average molecular weight is 148 g/mol. The predicted octanol–water partition coefficient (Wildman–Crippen LogP) is 2.98. The van der Waals surface area contributed by atoms with Gasteiger partial charge in [-0.15, -0.1) is 0 Å². The van der Waals surface area contributed by atoms with Crippen molar-refractivity contribution in [1.82, 2.24) is 0 Å². The summed E-state index contributed by atoms with van der Waals surface area (Å²) in [7, 11) is 0. The number of fused-ring (bicyclic) bond motifs is 1. The number of hydrogen-bond acceptors (Lipinski definition) is 0. The van der Waals surface area contributed by atoms with Crippen molar-refractivity contribution >= 4 is 0 Å². The summed E-state index contributed by atoms with van der Waals surface area (Å²) in [5.74, 6) is 2.52. The Hall–Kier alpha value is 0. The van der Waals surface area contributed by atoms with Gasteiger partial charge in [0.25, 0.3) is 0 Å². The quantitative estimate of drug-likeness (QED) is 0.495. The molecule has 0 amide bonds. The van der Waals surface area contributed by atoms with E-state index in [1.807, 2.05) is 0 Å². The van der Waals surface area contributed by atoms with E-state index in [2.05, 4.69) is 0 Å². The molecule has 4 aliphatic rings. The maximum atomic E-state index is 1.63. The molecule has 60 valence electrons. The van der Waals surface area contributed by atoms with Crippen molar-refractivity contribution in [2.75, 3.05) is 0 Å². The first-order valence-electron chi connectivity index (χ1n) is 5.42. The first-order valence-corrected chi connectivity index (χ1v) is 5.42. The fourth-order valence-electron chi connectivity index (χ4n) is 5.32. The van der Waals surface area contributed by atoms with E-state index in [9.17, 15) is 0 Å². The maximum absolute atomic E-state index is 1.63. The van der Waals surface area contributed by atoms with Gasteiger partial charge in [0, 0.05) is 0 Å². The lowest BCUT2D eigenvalue weighted by molar-refractivity contribution is 0.0993. The summed E-state index contributed by atoms with van der Waals surface area (Å²) in [6, 6.07) is 0. The van der Waals surface area contributed by atoms with Crippen molar-refractivity contribution in [3.05, 3.63) is 0 Å². The molecule has 4 fully saturated rings. The van der Waals surface area contributed by atoms with Gasteiger partial charge in [-0.2, -0.15) is 0 Å². The van der Waals surface area contributed by atoms with Crippen LogP contribution in [0.5, 0.6) is 0 Å². The molecule has 0 aromatic carbocycles. The van der Waals surface area contributed by atoms with Crippen molar-refractivity contribution in [2.45, 2.75) is 44.9 Å². The molecule has 1 spiro atoms. The standard InChI is InChI=1S/C11H16/c1-2-7-11-8-4-3-6-10(11,5-1)9(8)11/h8-9H,1-7H2/t8-,9-,10-,11+/m1/s1. The third-order valence-electron chi connectivity index (χ3n) is 5.55. The third kappa shape index (κ3) is 0.346. The molecule has 0 saturated heterocycles. The molecule has 0 nitrogen and oxygen atoms in total. The van der Waals surface area contributed by atoms with Gasteiger partial charge in [0.2, 0.25) is 0 Å². The van der Waals surface area contributed by atoms with Gasteiger partial charge in [-0.3, -0.25) is 0 Å². The topological polar surface area (TPSA) is 0 Å². The monoisotopic (exact) mass is 148 g/mol. The van der Waals surface area contributed by atoms with Crippen LogP contribution in [0.25, 0.3) is 0 Å². The fourth-order valence-corrected chi connectivity index (χ4v) is 5.32. The van der Waals surface area contributed by atoms with Crippen LogP contribution in [0.1, 0.15) is 44.9 Å². The summed E-state index contributed by atoms with van der Waals surface area (Å²) in [5.41, 5.74) is 1.98. The van der Waals surface area contributed by atoms with Crippen molar-refractivity contribution in [3.63, 3.8) is 0 Å². The van der Waals surface area contributed by atoms with Crippen molar-refractivity contribution < 1.29 is 0 Å². The first kappa shape index (κ1) is 5.61. The van der Waals surface area contributed by atoms with Crippen LogP contribution in [-0.2, 0) is 0 Å². The molecule has 0 N–H and O–H groups in total. The van der Waals surface area contributed by atoms with E-state index in [1.165, 1.54) is 11.8 Å². The maximum Gasteiger partial charge on any atom is -0.0170 e. The summed E-state index contributed by atoms with van der Waals surface area (Å²) in [5, 5.41) is 0. The minimum Gasteiger partial charge on any atom is -0.0527 e. The molecule has 0 aliphatic heterocycles. The van der Waals surface area contributed by atoms with E-state index in [1.54, 1.807) is 44.9 Å². The summed E-state index contributed by atoms with van der Waals surface area (Å²) >= 11 is 0. The zero-order valence-electron chi connectivity index (χ0n) is 7.10. The molecule has 4 rings (SSSR count). The summed E-state index contributed by atoms with van der Waals surface area (Å²) in [4.78, 5) is 0. The van der Waals surface area contributed by atoms with E-state index in [0.29, 0.717) is 0 Å². The largest absolute Gasteiger partial charge is 0.0527 e. The van der Waals surface area contributed by atoms with E-state index < -0.39 is 0 Å². The Kier molecular flexibility index (Phi) is 0.661. The molecule has 11 heavy (non-hydrogen) atoms. The van der Waals surface area contributed by atoms with Crippen molar-refractivity contribution in [2.24, 2.45) is 22.7 Å². The smallest absolute Gasteiger partial charge is 0.0170 e. The average Bonchev–Trinajstić information content (AvgIpc) is 2.89. The molecule has 4 saturated carbocycles. The molecular formula is C11H16. The van der Waals surface area contributed by atoms with Crippen LogP contribution >= 0.6 is 0 Å². The second-order valence-corrected chi connectivity index (χ2v) is 5.38. The van der Waals surface area contributed by atoms with Gasteiger partial charge in [-0.05, 0) is 48.3 Å². The Bertz CT molecular complexity index is 212. The highest BCUT2D eigenvalue weighted by molar-refractivity contribution is 5.41. The van der Waals surface area contributed by atoms with Crippen LogP contribution in [0.15, 0.2) is 0 Å². The minimum atomic E-state index is 0.980. The Labute approximate surface area is 68.4 Å². The second-order valence-electron chi connectivity index (χ2n) is 5.38. The fraction of sp³-hybridized carbons (Fsp3) is 1.00. The molecular weight excluding hydrogens is 132 g/mol. The van der Waals surface area contributed by atoms with Crippen molar-refractivity contribution in [3.8, 4) is 0 Å². The summed E-state index contributed by atoms with van der Waals surface area (Å²) in [6.45, 7) is 0. The van der Waals surface area contributed by atoms with Gasteiger partial charge >= 0.3 is 0 Å². The molecule has 0 unspecified atom stereocenters. The molecule has 0 bridgehead atoms. The normalized spacial score (nSPS) is 69.8.